The van der Waals surface area contributed by atoms with E-state index in [0.717, 1.165) is 0 Å². The number of carbonyl (C=O) groups is 1. The van der Waals surface area contributed by atoms with Crippen LogP contribution < -0.4 is 10.9 Å². The summed E-state index contributed by atoms with van der Waals surface area (Å²) in [5.74, 6) is -1.48. The Morgan fingerprint density at radius 2 is 1.93 bits per heavy atom. The van der Waals surface area contributed by atoms with Crippen LogP contribution in [0.5, 0.6) is 0 Å². The third-order valence-corrected chi connectivity index (χ3v) is 4.90. The van der Waals surface area contributed by atoms with Crippen molar-refractivity contribution in [1.82, 2.24) is 14.3 Å². The first-order valence-electron chi connectivity index (χ1n) is 9.06. The average molecular weight is 396 g/mol. The van der Waals surface area contributed by atoms with Gasteiger partial charge in [-0.2, -0.15) is 5.10 Å². The highest BCUT2D eigenvalue weighted by atomic mass is 19.1. The number of hydrogen-bond donors (Lipinski definition) is 1. The lowest BCUT2D eigenvalue weighted by molar-refractivity contribution is -0.116. The van der Waals surface area contributed by atoms with Gasteiger partial charge in [0, 0.05) is 25.4 Å². The molecule has 1 N–H and O–H groups in total. The van der Waals surface area contributed by atoms with E-state index in [1.165, 1.54) is 34.9 Å². The Kier molecular flexibility index (Phi) is 4.62. The van der Waals surface area contributed by atoms with E-state index in [-0.39, 0.29) is 24.2 Å². The molecular weight excluding hydrogens is 378 g/mol. The summed E-state index contributed by atoms with van der Waals surface area (Å²) in [7, 11) is 1.73. The van der Waals surface area contributed by atoms with Crippen molar-refractivity contribution in [2.45, 2.75) is 19.9 Å². The maximum Gasteiger partial charge on any atom is 0.262 e. The number of pyridine rings is 1. The molecule has 6 nitrogen and oxygen atoms in total. The summed E-state index contributed by atoms with van der Waals surface area (Å²) in [6, 6.07) is 10.0. The molecule has 0 radical (unpaired) electrons. The first kappa shape index (κ1) is 18.8. The molecule has 0 aliphatic heterocycles. The van der Waals surface area contributed by atoms with Gasteiger partial charge >= 0.3 is 0 Å². The van der Waals surface area contributed by atoms with Crippen molar-refractivity contribution in [3.8, 4) is 0 Å². The number of rotatable bonds is 4. The number of nitrogens with zero attached hydrogens (tertiary/aromatic N) is 3. The molecule has 1 amide bonds. The number of hydrogen-bond acceptors (Lipinski definition) is 3. The van der Waals surface area contributed by atoms with Gasteiger partial charge in [-0.25, -0.2) is 8.78 Å². The molecule has 0 saturated carbocycles. The minimum absolute atomic E-state index is 0.0172. The van der Waals surface area contributed by atoms with Gasteiger partial charge in [0.1, 0.15) is 11.6 Å². The van der Waals surface area contributed by atoms with E-state index < -0.39 is 17.5 Å². The van der Waals surface area contributed by atoms with Gasteiger partial charge in [-0.3, -0.25) is 14.3 Å². The lowest BCUT2D eigenvalue weighted by Gasteiger charge is -2.13. The van der Waals surface area contributed by atoms with Crippen molar-refractivity contribution in [3.05, 3.63) is 70.1 Å². The minimum atomic E-state index is -0.544. The van der Waals surface area contributed by atoms with E-state index >= 15 is 0 Å². The monoisotopic (exact) mass is 396 g/mol. The Morgan fingerprint density at radius 3 is 2.69 bits per heavy atom. The van der Waals surface area contributed by atoms with Gasteiger partial charge in [0.05, 0.1) is 27.8 Å². The molecule has 4 aromatic rings. The van der Waals surface area contributed by atoms with Crippen molar-refractivity contribution in [2.75, 3.05) is 5.32 Å². The highest BCUT2D eigenvalue weighted by Crippen LogP contribution is 2.25. The van der Waals surface area contributed by atoms with E-state index in [1.807, 2.05) is 0 Å². The van der Waals surface area contributed by atoms with Crippen LogP contribution in [0.2, 0.25) is 0 Å². The van der Waals surface area contributed by atoms with Crippen LogP contribution in [0.3, 0.4) is 0 Å². The number of aryl methyl sites for hydroxylation is 3. The fraction of sp³-hybridized carbons (Fsp3) is 0.190. The molecule has 0 aliphatic rings. The average Bonchev–Trinajstić information content (AvgIpc) is 2.98. The van der Waals surface area contributed by atoms with E-state index in [1.54, 1.807) is 30.8 Å². The Morgan fingerprint density at radius 1 is 1.17 bits per heavy atom. The SMILES string of the molecule is Cc1nn(C)c2c1c(=O)n(CCC(=O)Nc1ccccc1F)c1cc(F)ccc21. The van der Waals surface area contributed by atoms with Crippen LogP contribution in [0.1, 0.15) is 12.1 Å². The van der Waals surface area contributed by atoms with Gasteiger partial charge in [-0.15, -0.1) is 0 Å². The zero-order valence-corrected chi connectivity index (χ0v) is 15.9. The molecule has 0 atom stereocenters. The van der Waals surface area contributed by atoms with Crippen LogP contribution in [0.15, 0.2) is 47.3 Å². The third kappa shape index (κ3) is 3.26. The number of halogens is 2. The molecule has 0 aliphatic carbocycles. The lowest BCUT2D eigenvalue weighted by Crippen LogP contribution is -2.24. The maximum absolute atomic E-state index is 13.9. The summed E-state index contributed by atoms with van der Waals surface area (Å²) in [5.41, 5.74) is 1.28. The number of fused-ring (bicyclic) bond motifs is 3. The third-order valence-electron chi connectivity index (χ3n) is 4.90. The topological polar surface area (TPSA) is 68.9 Å². The zero-order chi connectivity index (χ0) is 20.7. The van der Waals surface area contributed by atoms with Crippen LogP contribution in [0.25, 0.3) is 21.8 Å². The molecule has 8 heteroatoms. The highest BCUT2D eigenvalue weighted by molar-refractivity contribution is 6.04. The fourth-order valence-corrected chi connectivity index (χ4v) is 3.61. The van der Waals surface area contributed by atoms with Crippen molar-refractivity contribution in [2.24, 2.45) is 7.05 Å². The second-order valence-electron chi connectivity index (χ2n) is 6.83. The smallest absolute Gasteiger partial charge is 0.262 e. The van der Waals surface area contributed by atoms with Crippen LogP contribution in [0, 0.1) is 18.6 Å². The normalized spacial score (nSPS) is 11.3. The summed E-state index contributed by atoms with van der Waals surface area (Å²) in [6.07, 6.45) is -0.0787. The van der Waals surface area contributed by atoms with Crippen molar-refractivity contribution in [1.29, 1.82) is 0 Å². The van der Waals surface area contributed by atoms with Gasteiger partial charge < -0.3 is 9.88 Å². The minimum Gasteiger partial charge on any atom is -0.324 e. The van der Waals surface area contributed by atoms with E-state index in [4.69, 9.17) is 0 Å². The second-order valence-corrected chi connectivity index (χ2v) is 6.83. The van der Waals surface area contributed by atoms with Gasteiger partial charge in [-0.05, 0) is 37.3 Å². The quantitative estimate of drug-likeness (QED) is 0.574. The van der Waals surface area contributed by atoms with Gasteiger partial charge in [0.2, 0.25) is 5.91 Å². The molecule has 0 spiro atoms. The highest BCUT2D eigenvalue weighted by Gasteiger charge is 2.18. The Hall–Kier alpha value is -3.55. The number of benzene rings is 2. The molecule has 0 bridgehead atoms. The molecule has 2 heterocycles. The molecule has 4 rings (SSSR count). The standard InChI is InChI=1S/C21H18F2N4O2/c1-12-19-20(26(2)25-12)14-8-7-13(22)11-17(14)27(21(19)29)10-9-18(28)24-16-6-4-3-5-15(16)23/h3-8,11H,9-10H2,1-2H3,(H,24,28). The lowest BCUT2D eigenvalue weighted by atomic mass is 10.1. The molecule has 29 heavy (non-hydrogen) atoms. The summed E-state index contributed by atoms with van der Waals surface area (Å²) < 4.78 is 30.6. The van der Waals surface area contributed by atoms with E-state index in [0.29, 0.717) is 27.5 Å². The second kappa shape index (κ2) is 7.12. The number of anilines is 1. The molecule has 2 aromatic heterocycles. The first-order chi connectivity index (χ1) is 13.9. The van der Waals surface area contributed by atoms with Crippen LogP contribution in [-0.2, 0) is 18.4 Å². The fourth-order valence-electron chi connectivity index (χ4n) is 3.61. The molecule has 0 unspecified atom stereocenters. The Bertz CT molecular complexity index is 1320. The Balaban J connectivity index is 1.75. The van der Waals surface area contributed by atoms with Gasteiger partial charge in [0.25, 0.3) is 5.56 Å². The summed E-state index contributed by atoms with van der Waals surface area (Å²) in [5, 5.41) is 7.90. The number of para-hydroxylation sites is 1. The van der Waals surface area contributed by atoms with E-state index in [9.17, 15) is 18.4 Å². The van der Waals surface area contributed by atoms with Crippen LogP contribution in [-0.4, -0.2) is 20.3 Å². The number of carbonyl (C=O) groups excluding carboxylic acids is 1. The van der Waals surface area contributed by atoms with Gasteiger partial charge in [0.15, 0.2) is 0 Å². The van der Waals surface area contributed by atoms with Gasteiger partial charge in [-0.1, -0.05) is 12.1 Å². The predicted octanol–water partition coefficient (Wildman–Crippen LogP) is 3.50. The largest absolute Gasteiger partial charge is 0.324 e. The molecule has 0 fully saturated rings. The molecule has 2 aromatic carbocycles. The molecular formula is C21H18F2N4O2. The van der Waals surface area contributed by atoms with E-state index in [2.05, 4.69) is 10.4 Å². The predicted molar refractivity (Wildman–Crippen MR) is 107 cm³/mol. The van der Waals surface area contributed by atoms with Crippen molar-refractivity contribution < 1.29 is 13.6 Å². The summed E-state index contributed by atoms with van der Waals surface area (Å²) in [4.78, 5) is 25.4. The number of nitrogens with one attached hydrogen (secondary N) is 1. The first-order valence-corrected chi connectivity index (χ1v) is 9.06. The van der Waals surface area contributed by atoms with Crippen LogP contribution >= 0.6 is 0 Å². The summed E-state index contributed by atoms with van der Waals surface area (Å²) >= 11 is 0. The number of aromatic nitrogens is 3. The molecule has 148 valence electrons. The number of amides is 1. The Labute approximate surface area is 164 Å². The van der Waals surface area contributed by atoms with Crippen LogP contribution in [0.4, 0.5) is 14.5 Å². The van der Waals surface area contributed by atoms with Crippen molar-refractivity contribution >= 4 is 33.4 Å². The molecule has 0 saturated heterocycles. The zero-order valence-electron chi connectivity index (χ0n) is 15.9. The maximum atomic E-state index is 13.9. The van der Waals surface area contributed by atoms with Crippen molar-refractivity contribution in [3.63, 3.8) is 0 Å². The summed E-state index contributed by atoms with van der Waals surface area (Å²) in [6.45, 7) is 1.75.